The SMILES string of the molecule is C/C(O)=c1\c(=O)c(=O)c(=O)c(=O)\c1=C(/C)O. The van der Waals surface area contributed by atoms with E-state index in [-0.39, 0.29) is 0 Å². The molecule has 1 rings (SSSR count). The van der Waals surface area contributed by atoms with E-state index in [1.165, 1.54) is 0 Å². The van der Waals surface area contributed by atoms with Gasteiger partial charge in [0.2, 0.25) is 10.9 Å². The van der Waals surface area contributed by atoms with Crippen LogP contribution in [-0.4, -0.2) is 10.2 Å². The Morgan fingerprint density at radius 2 is 0.938 bits per heavy atom. The van der Waals surface area contributed by atoms with Crippen molar-refractivity contribution in [3.63, 3.8) is 0 Å². The van der Waals surface area contributed by atoms with Gasteiger partial charge in [0.1, 0.15) is 11.5 Å². The van der Waals surface area contributed by atoms with Crippen LogP contribution in [0.1, 0.15) is 13.8 Å². The molecule has 2 N–H and O–H groups in total. The van der Waals surface area contributed by atoms with Gasteiger partial charge in [0.05, 0.1) is 10.4 Å². The molecule has 0 fully saturated rings. The fraction of sp³-hybridized carbons (Fsp3) is 0.200. The highest BCUT2D eigenvalue weighted by molar-refractivity contribution is 5.39. The van der Waals surface area contributed by atoms with Crippen LogP contribution < -0.4 is 32.2 Å². The van der Waals surface area contributed by atoms with Gasteiger partial charge in [-0.25, -0.2) is 0 Å². The molecule has 0 radical (unpaired) electrons. The summed E-state index contributed by atoms with van der Waals surface area (Å²) in [5, 5.41) is 17.1. The predicted octanol–water partition coefficient (Wildman–Crippen LogP) is -2.62. The van der Waals surface area contributed by atoms with Crippen molar-refractivity contribution in [2.75, 3.05) is 0 Å². The van der Waals surface area contributed by atoms with Gasteiger partial charge < -0.3 is 10.2 Å². The molecule has 0 saturated heterocycles. The van der Waals surface area contributed by atoms with Crippen LogP contribution in [0.4, 0.5) is 0 Å². The highest BCUT2D eigenvalue weighted by atomic mass is 16.3. The van der Waals surface area contributed by atoms with E-state index in [9.17, 15) is 29.4 Å². The van der Waals surface area contributed by atoms with Gasteiger partial charge in [-0.2, -0.15) is 0 Å². The number of aliphatic hydroxyl groups excluding tert-OH is 2. The highest BCUT2D eigenvalue weighted by Gasteiger charge is 2.12. The van der Waals surface area contributed by atoms with Crippen molar-refractivity contribution in [3.05, 3.63) is 51.3 Å². The van der Waals surface area contributed by atoms with Crippen LogP contribution in [0.25, 0.3) is 11.5 Å². The van der Waals surface area contributed by atoms with Crippen molar-refractivity contribution in [1.82, 2.24) is 0 Å². The van der Waals surface area contributed by atoms with Crippen LogP contribution in [0.3, 0.4) is 0 Å². The van der Waals surface area contributed by atoms with Gasteiger partial charge in [0.25, 0.3) is 10.9 Å². The maximum absolute atomic E-state index is 11.4. The zero-order chi connectivity index (χ0) is 12.6. The van der Waals surface area contributed by atoms with E-state index in [1.54, 1.807) is 0 Å². The predicted molar refractivity (Wildman–Crippen MR) is 56.6 cm³/mol. The summed E-state index contributed by atoms with van der Waals surface area (Å²) in [6.45, 7) is 2.15. The van der Waals surface area contributed by atoms with Crippen LogP contribution in [0.5, 0.6) is 0 Å². The number of aliphatic hydroxyl groups is 2. The summed E-state index contributed by atoms with van der Waals surface area (Å²) in [6, 6.07) is 0. The Labute approximate surface area is 87.7 Å². The molecule has 0 bridgehead atoms. The Kier molecular flexibility index (Phi) is 2.76. The maximum Gasteiger partial charge on any atom is 0.277 e. The molecule has 84 valence electrons. The van der Waals surface area contributed by atoms with Crippen LogP contribution in [-0.2, 0) is 0 Å². The third kappa shape index (κ3) is 1.54. The Morgan fingerprint density at radius 3 is 1.12 bits per heavy atom. The summed E-state index contributed by atoms with van der Waals surface area (Å²) < 4.78 is 0. The lowest BCUT2D eigenvalue weighted by Gasteiger charge is -1.92. The lowest BCUT2D eigenvalue weighted by Crippen LogP contribution is -2.65. The molecule has 0 aliphatic rings. The molecule has 16 heavy (non-hydrogen) atoms. The van der Waals surface area contributed by atoms with Gasteiger partial charge in [0, 0.05) is 0 Å². The molecule has 6 heteroatoms. The third-order valence-electron chi connectivity index (χ3n) is 2.05. The molecule has 0 heterocycles. The Morgan fingerprint density at radius 1 is 0.688 bits per heavy atom. The molecule has 6 nitrogen and oxygen atoms in total. The van der Waals surface area contributed by atoms with E-state index < -0.39 is 43.7 Å². The van der Waals surface area contributed by atoms with Crippen LogP contribution >= 0.6 is 0 Å². The van der Waals surface area contributed by atoms with Gasteiger partial charge in [0.15, 0.2) is 0 Å². The average Bonchev–Trinajstić information content (AvgIpc) is 2.18. The number of hydrogen-bond acceptors (Lipinski definition) is 6. The smallest absolute Gasteiger partial charge is 0.277 e. The topological polar surface area (TPSA) is 109 Å². The molecular weight excluding hydrogens is 216 g/mol. The van der Waals surface area contributed by atoms with Crippen LogP contribution in [0, 0.1) is 0 Å². The first-order chi connectivity index (χ1) is 7.29. The lowest BCUT2D eigenvalue weighted by atomic mass is 10.1. The molecule has 0 spiro atoms. The summed E-state index contributed by atoms with van der Waals surface area (Å²) in [6.07, 6.45) is 0. The molecule has 0 amide bonds. The molecule has 0 aliphatic heterocycles. The molecular formula is C10H8O6. The second-order valence-corrected chi connectivity index (χ2v) is 3.24. The van der Waals surface area contributed by atoms with Crippen molar-refractivity contribution in [3.8, 4) is 0 Å². The quantitative estimate of drug-likeness (QED) is 0.467. The van der Waals surface area contributed by atoms with Gasteiger partial charge in [-0.05, 0) is 13.8 Å². The fourth-order valence-electron chi connectivity index (χ4n) is 1.35. The third-order valence-corrected chi connectivity index (χ3v) is 2.05. The van der Waals surface area contributed by atoms with Gasteiger partial charge >= 0.3 is 0 Å². The van der Waals surface area contributed by atoms with Crippen molar-refractivity contribution < 1.29 is 10.2 Å². The largest absolute Gasteiger partial charge is 0.512 e. The Hall–Kier alpha value is -2.24. The van der Waals surface area contributed by atoms with Gasteiger partial charge in [-0.15, -0.1) is 0 Å². The standard InChI is InChI=1S/C10H8O6/c1-3(11)5-6(4(2)12)8(14)10(16)9(15)7(5)13/h11-12H,1-2H3/b5-3+,6-4+. The average molecular weight is 224 g/mol. The van der Waals surface area contributed by atoms with Crippen molar-refractivity contribution in [1.29, 1.82) is 0 Å². The minimum Gasteiger partial charge on any atom is -0.512 e. The first-order valence-electron chi connectivity index (χ1n) is 4.26. The van der Waals surface area contributed by atoms with Gasteiger partial charge in [-0.1, -0.05) is 0 Å². The van der Waals surface area contributed by atoms with E-state index >= 15 is 0 Å². The fourth-order valence-corrected chi connectivity index (χ4v) is 1.35. The molecule has 0 unspecified atom stereocenters. The molecule has 0 saturated carbocycles. The molecule has 0 atom stereocenters. The van der Waals surface area contributed by atoms with Crippen molar-refractivity contribution >= 4 is 11.5 Å². The Balaban J connectivity index is 4.61. The zero-order valence-corrected chi connectivity index (χ0v) is 8.53. The second-order valence-electron chi connectivity index (χ2n) is 3.24. The minimum atomic E-state index is -1.50. The number of benzene rings is 1. The molecule has 0 aliphatic carbocycles. The molecule has 0 aromatic heterocycles. The van der Waals surface area contributed by atoms with E-state index in [0.717, 1.165) is 13.8 Å². The monoisotopic (exact) mass is 224 g/mol. The summed E-state index contributed by atoms with van der Waals surface area (Å²) in [5.41, 5.74) is -5.57. The van der Waals surface area contributed by atoms with Crippen molar-refractivity contribution in [2.24, 2.45) is 0 Å². The first-order valence-corrected chi connectivity index (χ1v) is 4.26. The Bertz CT molecular complexity index is 687. The molecule has 1 aromatic carbocycles. The second kappa shape index (κ2) is 3.73. The summed E-state index contributed by atoms with van der Waals surface area (Å²) in [4.78, 5) is 44.8. The first kappa shape index (κ1) is 11.8. The van der Waals surface area contributed by atoms with E-state index in [2.05, 4.69) is 0 Å². The van der Waals surface area contributed by atoms with Crippen molar-refractivity contribution in [2.45, 2.75) is 13.8 Å². The summed E-state index contributed by atoms with van der Waals surface area (Å²) >= 11 is 0. The van der Waals surface area contributed by atoms with E-state index in [0.29, 0.717) is 0 Å². The number of hydrogen-bond donors (Lipinski definition) is 2. The normalized spacial score (nSPS) is 14.6. The lowest BCUT2D eigenvalue weighted by molar-refractivity contribution is 0.489. The van der Waals surface area contributed by atoms with Crippen LogP contribution in [0.2, 0.25) is 0 Å². The number of rotatable bonds is 0. The summed E-state index contributed by atoms with van der Waals surface area (Å²) in [5.74, 6) is -1.19. The summed E-state index contributed by atoms with van der Waals surface area (Å²) in [7, 11) is 0. The minimum absolute atomic E-state index is 0.595. The zero-order valence-electron chi connectivity index (χ0n) is 8.53. The maximum atomic E-state index is 11.4. The highest BCUT2D eigenvalue weighted by Crippen LogP contribution is 1.75. The van der Waals surface area contributed by atoms with E-state index in [1.807, 2.05) is 0 Å². The van der Waals surface area contributed by atoms with Gasteiger partial charge in [-0.3, -0.25) is 19.2 Å². The molecule has 1 aromatic rings. The van der Waals surface area contributed by atoms with Crippen LogP contribution in [0.15, 0.2) is 19.2 Å². The van der Waals surface area contributed by atoms with E-state index in [4.69, 9.17) is 0 Å².